The molecular weight excluding hydrogens is 300 g/mol. The Morgan fingerprint density at radius 2 is 1.08 bits per heavy atom. The van der Waals surface area contributed by atoms with Crippen molar-refractivity contribution in [3.63, 3.8) is 0 Å². The van der Waals surface area contributed by atoms with Crippen LogP contribution in [0.15, 0.2) is 66.7 Å². The highest BCUT2D eigenvalue weighted by atomic mass is 14.1. The van der Waals surface area contributed by atoms with Crippen molar-refractivity contribution in [3.8, 4) is 0 Å². The Morgan fingerprint density at radius 1 is 0.520 bits per heavy atom. The van der Waals surface area contributed by atoms with Crippen LogP contribution < -0.4 is 0 Å². The first-order chi connectivity index (χ1) is 12.1. The van der Waals surface area contributed by atoms with Gasteiger partial charge in [-0.3, -0.25) is 0 Å². The predicted molar refractivity (Wildman–Crippen MR) is 108 cm³/mol. The molecule has 0 atom stereocenters. The summed E-state index contributed by atoms with van der Waals surface area (Å²) in [6.07, 6.45) is 4.47. The van der Waals surface area contributed by atoms with Gasteiger partial charge in [-0.05, 0) is 79.8 Å². The lowest BCUT2D eigenvalue weighted by molar-refractivity contribution is 0.930. The molecule has 25 heavy (non-hydrogen) atoms. The fourth-order valence-electron chi connectivity index (χ4n) is 3.45. The van der Waals surface area contributed by atoms with Gasteiger partial charge in [0.25, 0.3) is 0 Å². The van der Waals surface area contributed by atoms with Crippen LogP contribution in [0.3, 0.4) is 0 Å². The maximum absolute atomic E-state index is 2.30. The molecule has 0 nitrogen and oxygen atoms in total. The summed E-state index contributed by atoms with van der Waals surface area (Å²) in [5, 5.41) is 0. The zero-order valence-corrected chi connectivity index (χ0v) is 15.7. The van der Waals surface area contributed by atoms with Crippen LogP contribution in [-0.4, -0.2) is 0 Å². The summed E-state index contributed by atoms with van der Waals surface area (Å²) in [5.74, 6) is 0. The van der Waals surface area contributed by atoms with Crippen molar-refractivity contribution in [2.24, 2.45) is 0 Å². The predicted octanol–water partition coefficient (Wildman–Crippen LogP) is 6.18. The molecule has 0 heterocycles. The topological polar surface area (TPSA) is 0 Å². The van der Waals surface area contributed by atoms with E-state index in [1.807, 2.05) is 0 Å². The molecule has 0 aliphatic heterocycles. The Balaban J connectivity index is 1.56. The number of rotatable bonds is 6. The molecule has 3 rings (SSSR count). The van der Waals surface area contributed by atoms with Gasteiger partial charge in [0.1, 0.15) is 0 Å². The van der Waals surface area contributed by atoms with Gasteiger partial charge in [-0.1, -0.05) is 72.3 Å². The molecule has 0 amide bonds. The molecule has 0 heteroatoms. The van der Waals surface area contributed by atoms with E-state index >= 15 is 0 Å². The van der Waals surface area contributed by atoms with E-state index < -0.39 is 0 Å². The van der Waals surface area contributed by atoms with Gasteiger partial charge in [-0.15, -0.1) is 0 Å². The van der Waals surface area contributed by atoms with E-state index in [2.05, 4.69) is 87.5 Å². The van der Waals surface area contributed by atoms with Gasteiger partial charge in [0.05, 0.1) is 0 Å². The summed E-state index contributed by atoms with van der Waals surface area (Å²) in [6.45, 7) is 6.58. The molecule has 0 bridgehead atoms. The summed E-state index contributed by atoms with van der Waals surface area (Å²) in [7, 11) is 0. The van der Waals surface area contributed by atoms with Crippen molar-refractivity contribution in [3.05, 3.63) is 106 Å². The summed E-state index contributed by atoms with van der Waals surface area (Å²) in [6, 6.07) is 24.7. The van der Waals surface area contributed by atoms with Crippen LogP contribution in [0.4, 0.5) is 0 Å². The van der Waals surface area contributed by atoms with E-state index in [4.69, 9.17) is 0 Å². The van der Waals surface area contributed by atoms with Gasteiger partial charge in [0.15, 0.2) is 0 Å². The Labute approximate surface area is 152 Å². The van der Waals surface area contributed by atoms with E-state index in [0.29, 0.717) is 0 Å². The van der Waals surface area contributed by atoms with Crippen LogP contribution in [0.1, 0.15) is 38.9 Å². The van der Waals surface area contributed by atoms with E-state index in [9.17, 15) is 0 Å². The first kappa shape index (κ1) is 17.5. The lowest BCUT2D eigenvalue weighted by atomic mass is 9.97. The largest absolute Gasteiger partial charge is 0.0620 e. The lowest BCUT2D eigenvalue weighted by Gasteiger charge is -2.09. The molecule has 0 saturated heterocycles. The number of hydrogen-bond donors (Lipinski definition) is 0. The molecular formula is C25H28. The van der Waals surface area contributed by atoms with Gasteiger partial charge in [0.2, 0.25) is 0 Å². The minimum Gasteiger partial charge on any atom is -0.0620 e. The summed E-state index contributed by atoms with van der Waals surface area (Å²) < 4.78 is 0. The molecule has 0 unspecified atom stereocenters. The van der Waals surface area contributed by atoms with Crippen molar-refractivity contribution >= 4 is 0 Å². The fraction of sp³-hybridized carbons (Fsp3) is 0.280. The second-order valence-corrected chi connectivity index (χ2v) is 7.17. The maximum Gasteiger partial charge on any atom is -0.0236 e. The average molecular weight is 328 g/mol. The van der Waals surface area contributed by atoms with Crippen molar-refractivity contribution in [2.75, 3.05) is 0 Å². The third-order valence-corrected chi connectivity index (χ3v) is 5.15. The highest BCUT2D eigenvalue weighted by molar-refractivity contribution is 5.32. The Hall–Kier alpha value is -2.34. The zero-order valence-electron chi connectivity index (χ0n) is 15.7. The van der Waals surface area contributed by atoms with Crippen molar-refractivity contribution < 1.29 is 0 Å². The summed E-state index contributed by atoms with van der Waals surface area (Å²) in [4.78, 5) is 0. The molecule has 0 aliphatic carbocycles. The first-order valence-corrected chi connectivity index (χ1v) is 9.30. The number of benzene rings is 3. The van der Waals surface area contributed by atoms with E-state index in [-0.39, 0.29) is 0 Å². The second kappa shape index (κ2) is 8.16. The lowest BCUT2D eigenvalue weighted by Crippen LogP contribution is -1.96. The summed E-state index contributed by atoms with van der Waals surface area (Å²) in [5.41, 5.74) is 9.94. The molecule has 0 aromatic heterocycles. The SMILES string of the molecule is Cc1ccc(CCc2ccc(CCc3ccccc3C)cc2)c(C)c1. The highest BCUT2D eigenvalue weighted by Crippen LogP contribution is 2.16. The van der Waals surface area contributed by atoms with E-state index in [0.717, 1.165) is 25.7 Å². The van der Waals surface area contributed by atoms with Crippen molar-refractivity contribution in [2.45, 2.75) is 46.5 Å². The van der Waals surface area contributed by atoms with Gasteiger partial charge < -0.3 is 0 Å². The number of hydrogen-bond acceptors (Lipinski definition) is 0. The molecule has 0 fully saturated rings. The molecule has 3 aromatic rings. The normalized spacial score (nSPS) is 10.8. The van der Waals surface area contributed by atoms with Crippen molar-refractivity contribution in [1.82, 2.24) is 0 Å². The van der Waals surface area contributed by atoms with Crippen LogP contribution in [0.25, 0.3) is 0 Å². The Morgan fingerprint density at radius 3 is 1.64 bits per heavy atom. The van der Waals surface area contributed by atoms with Crippen LogP contribution in [0, 0.1) is 20.8 Å². The monoisotopic (exact) mass is 328 g/mol. The Bertz CT molecular complexity index is 825. The quantitative estimate of drug-likeness (QED) is 0.506. The highest BCUT2D eigenvalue weighted by Gasteiger charge is 2.02. The second-order valence-electron chi connectivity index (χ2n) is 7.17. The first-order valence-electron chi connectivity index (χ1n) is 9.30. The maximum atomic E-state index is 2.30. The zero-order chi connectivity index (χ0) is 17.6. The van der Waals surface area contributed by atoms with E-state index in [1.165, 1.54) is 38.9 Å². The minimum absolute atomic E-state index is 1.11. The molecule has 0 spiro atoms. The fourth-order valence-corrected chi connectivity index (χ4v) is 3.45. The standard InChI is InChI=1S/C25H28/c1-19-8-15-25(21(3)18-19)17-14-23-11-9-22(10-12-23)13-16-24-7-5-4-6-20(24)2/h4-12,15,18H,13-14,16-17H2,1-3H3. The third-order valence-electron chi connectivity index (χ3n) is 5.15. The average Bonchev–Trinajstić information content (AvgIpc) is 2.61. The Kier molecular flexibility index (Phi) is 5.71. The molecule has 0 aliphatic rings. The third kappa shape index (κ3) is 4.82. The van der Waals surface area contributed by atoms with Crippen LogP contribution >= 0.6 is 0 Å². The van der Waals surface area contributed by atoms with Gasteiger partial charge >= 0.3 is 0 Å². The van der Waals surface area contributed by atoms with E-state index in [1.54, 1.807) is 0 Å². The summed E-state index contributed by atoms with van der Waals surface area (Å²) >= 11 is 0. The molecule has 128 valence electrons. The molecule has 0 radical (unpaired) electrons. The van der Waals surface area contributed by atoms with Crippen LogP contribution in [-0.2, 0) is 25.7 Å². The molecule has 3 aromatic carbocycles. The molecule has 0 saturated carbocycles. The minimum atomic E-state index is 1.11. The van der Waals surface area contributed by atoms with Crippen LogP contribution in [0.5, 0.6) is 0 Å². The number of aryl methyl sites for hydroxylation is 7. The van der Waals surface area contributed by atoms with Crippen LogP contribution in [0.2, 0.25) is 0 Å². The van der Waals surface area contributed by atoms with Gasteiger partial charge in [0, 0.05) is 0 Å². The van der Waals surface area contributed by atoms with Crippen molar-refractivity contribution in [1.29, 1.82) is 0 Å². The van der Waals surface area contributed by atoms with Gasteiger partial charge in [-0.2, -0.15) is 0 Å². The molecule has 0 N–H and O–H groups in total. The van der Waals surface area contributed by atoms with Gasteiger partial charge in [-0.25, -0.2) is 0 Å². The smallest absolute Gasteiger partial charge is 0.0236 e.